The Hall–Kier alpha value is -2.59. The third-order valence-electron chi connectivity index (χ3n) is 4.10. The molecule has 2 rings (SSSR count). The number of para-hydroxylation sites is 1. The Labute approximate surface area is 165 Å². The van der Waals surface area contributed by atoms with Crippen LogP contribution in [-0.2, 0) is 14.3 Å². The highest BCUT2D eigenvalue weighted by atomic mass is 35.5. The molecule has 0 spiro atoms. The van der Waals surface area contributed by atoms with Crippen molar-refractivity contribution in [3.63, 3.8) is 0 Å². The van der Waals surface area contributed by atoms with Crippen LogP contribution in [0.1, 0.15) is 43.4 Å². The third kappa shape index (κ3) is 5.97. The molecule has 27 heavy (non-hydrogen) atoms. The smallest absolute Gasteiger partial charge is 0.331 e. The maximum Gasteiger partial charge on any atom is 0.331 e. The minimum Gasteiger partial charge on any atom is -0.449 e. The molecule has 0 heterocycles. The van der Waals surface area contributed by atoms with E-state index in [0.29, 0.717) is 5.02 Å². The molecular formula is C22H24ClNO3. The molecule has 2 aromatic carbocycles. The summed E-state index contributed by atoms with van der Waals surface area (Å²) in [6.45, 7) is 7.61. The van der Waals surface area contributed by atoms with Crippen LogP contribution in [0.3, 0.4) is 0 Å². The minimum absolute atomic E-state index is 0.263. The van der Waals surface area contributed by atoms with Gasteiger partial charge in [0.15, 0.2) is 6.10 Å². The molecule has 0 unspecified atom stereocenters. The maximum atomic E-state index is 12.5. The summed E-state index contributed by atoms with van der Waals surface area (Å²) in [5.74, 6) is -0.694. The average Bonchev–Trinajstić information content (AvgIpc) is 2.61. The van der Waals surface area contributed by atoms with Gasteiger partial charge in [-0.3, -0.25) is 4.79 Å². The first-order chi connectivity index (χ1) is 12.8. The molecule has 0 aliphatic carbocycles. The average molecular weight is 386 g/mol. The van der Waals surface area contributed by atoms with Gasteiger partial charge in [-0.15, -0.1) is 0 Å². The molecule has 2 aromatic rings. The summed E-state index contributed by atoms with van der Waals surface area (Å²) in [5.41, 5.74) is 3.56. The van der Waals surface area contributed by atoms with E-state index in [1.807, 2.05) is 31.2 Å². The van der Waals surface area contributed by atoms with Crippen LogP contribution in [0.2, 0.25) is 5.02 Å². The molecule has 0 aromatic heterocycles. The van der Waals surface area contributed by atoms with Crippen molar-refractivity contribution in [1.82, 2.24) is 0 Å². The van der Waals surface area contributed by atoms with E-state index in [4.69, 9.17) is 16.3 Å². The van der Waals surface area contributed by atoms with Crippen LogP contribution in [0.4, 0.5) is 5.69 Å². The molecular weight excluding hydrogens is 362 g/mol. The fraction of sp³-hybridized carbons (Fsp3) is 0.273. The monoisotopic (exact) mass is 385 g/mol. The second kappa shape index (κ2) is 9.38. The van der Waals surface area contributed by atoms with Crippen molar-refractivity contribution < 1.29 is 14.3 Å². The van der Waals surface area contributed by atoms with Gasteiger partial charge in [-0.05, 0) is 54.7 Å². The molecule has 5 heteroatoms. The number of hydrogen-bond acceptors (Lipinski definition) is 3. The normalized spacial score (nSPS) is 12.2. The first-order valence-corrected chi connectivity index (χ1v) is 9.20. The maximum absolute atomic E-state index is 12.5. The van der Waals surface area contributed by atoms with Gasteiger partial charge in [0.1, 0.15) is 0 Å². The highest BCUT2D eigenvalue weighted by Gasteiger charge is 2.19. The Morgan fingerprint density at radius 1 is 1.11 bits per heavy atom. The Balaban J connectivity index is 2.01. The van der Waals surface area contributed by atoms with E-state index in [1.165, 1.54) is 6.08 Å². The van der Waals surface area contributed by atoms with Crippen molar-refractivity contribution >= 4 is 35.2 Å². The van der Waals surface area contributed by atoms with Gasteiger partial charge in [-0.2, -0.15) is 0 Å². The molecule has 0 radical (unpaired) electrons. The van der Waals surface area contributed by atoms with Crippen molar-refractivity contribution in [3.8, 4) is 0 Å². The van der Waals surface area contributed by atoms with Gasteiger partial charge < -0.3 is 10.1 Å². The number of aryl methyl sites for hydroxylation is 1. The largest absolute Gasteiger partial charge is 0.449 e. The number of halogens is 1. The number of benzene rings is 2. The first kappa shape index (κ1) is 20.7. The number of rotatable bonds is 6. The lowest BCUT2D eigenvalue weighted by Crippen LogP contribution is -2.30. The van der Waals surface area contributed by atoms with Gasteiger partial charge in [0, 0.05) is 16.8 Å². The summed E-state index contributed by atoms with van der Waals surface area (Å²) in [6.07, 6.45) is 1.96. The lowest BCUT2D eigenvalue weighted by Gasteiger charge is -2.18. The number of nitrogens with one attached hydrogen (secondary N) is 1. The number of ether oxygens (including phenoxy) is 1. The molecule has 0 saturated heterocycles. The summed E-state index contributed by atoms with van der Waals surface area (Å²) in [5, 5.41) is 3.47. The van der Waals surface area contributed by atoms with Crippen molar-refractivity contribution in [2.75, 3.05) is 5.32 Å². The Morgan fingerprint density at radius 2 is 1.81 bits per heavy atom. The number of esters is 1. The van der Waals surface area contributed by atoms with E-state index in [-0.39, 0.29) is 11.8 Å². The second-order valence-corrected chi connectivity index (χ2v) is 7.09. The van der Waals surface area contributed by atoms with E-state index >= 15 is 0 Å². The van der Waals surface area contributed by atoms with Gasteiger partial charge in [0.05, 0.1) is 0 Å². The molecule has 0 aliphatic rings. The number of carbonyl (C=O) groups excluding carboxylic acids is 2. The first-order valence-electron chi connectivity index (χ1n) is 8.82. The Bertz CT molecular complexity index is 858. The summed E-state index contributed by atoms with van der Waals surface area (Å²) < 4.78 is 5.21. The summed E-state index contributed by atoms with van der Waals surface area (Å²) in [7, 11) is 0. The van der Waals surface area contributed by atoms with Crippen molar-refractivity contribution in [2.45, 2.75) is 39.7 Å². The Kier molecular flexibility index (Phi) is 7.19. The number of carbonyl (C=O) groups is 2. The van der Waals surface area contributed by atoms with E-state index in [2.05, 4.69) is 19.2 Å². The second-order valence-electron chi connectivity index (χ2n) is 6.65. The van der Waals surface area contributed by atoms with Crippen molar-refractivity contribution in [2.24, 2.45) is 0 Å². The number of amides is 1. The molecule has 4 nitrogen and oxygen atoms in total. The molecule has 0 aliphatic heterocycles. The topological polar surface area (TPSA) is 55.4 Å². The minimum atomic E-state index is -0.916. The van der Waals surface area contributed by atoms with Crippen LogP contribution in [0.5, 0.6) is 0 Å². The molecule has 142 valence electrons. The molecule has 0 bridgehead atoms. The van der Waals surface area contributed by atoms with E-state index in [0.717, 1.165) is 22.4 Å². The molecule has 0 saturated carbocycles. The van der Waals surface area contributed by atoms with E-state index in [9.17, 15) is 9.59 Å². The summed E-state index contributed by atoms with van der Waals surface area (Å²) in [6, 6.07) is 13.0. The zero-order valence-corrected chi connectivity index (χ0v) is 16.7. The predicted molar refractivity (Wildman–Crippen MR) is 110 cm³/mol. The summed E-state index contributed by atoms with van der Waals surface area (Å²) >= 11 is 5.91. The fourth-order valence-corrected chi connectivity index (χ4v) is 2.81. The highest BCUT2D eigenvalue weighted by Crippen LogP contribution is 2.27. The summed E-state index contributed by atoms with van der Waals surface area (Å²) in [4.78, 5) is 24.5. The number of anilines is 1. The SMILES string of the molecule is Cc1cccc(C(C)C)c1NC(=O)[C@H](C)OC(=O)/C=C/c1cccc(Cl)c1. The van der Waals surface area contributed by atoms with E-state index < -0.39 is 12.1 Å². The van der Waals surface area contributed by atoms with Crippen LogP contribution in [0.15, 0.2) is 48.5 Å². The van der Waals surface area contributed by atoms with Crippen LogP contribution >= 0.6 is 11.6 Å². The number of hydrogen-bond donors (Lipinski definition) is 1. The van der Waals surface area contributed by atoms with E-state index in [1.54, 1.807) is 31.2 Å². The van der Waals surface area contributed by atoms with Gasteiger partial charge in [0.2, 0.25) is 0 Å². The Morgan fingerprint density at radius 3 is 2.48 bits per heavy atom. The van der Waals surface area contributed by atoms with Crippen LogP contribution in [0.25, 0.3) is 6.08 Å². The van der Waals surface area contributed by atoms with Crippen LogP contribution < -0.4 is 5.32 Å². The van der Waals surface area contributed by atoms with Crippen LogP contribution in [0, 0.1) is 6.92 Å². The quantitative estimate of drug-likeness (QED) is 0.538. The fourth-order valence-electron chi connectivity index (χ4n) is 2.61. The molecule has 1 amide bonds. The standard InChI is InChI=1S/C22H24ClNO3/c1-14(2)19-10-5-7-15(3)21(19)24-22(26)16(4)27-20(25)12-11-17-8-6-9-18(23)13-17/h5-14,16H,1-4H3,(H,24,26)/b12-11+/t16-/m0/s1. The third-order valence-corrected chi connectivity index (χ3v) is 4.33. The zero-order valence-electron chi connectivity index (χ0n) is 16.0. The highest BCUT2D eigenvalue weighted by molar-refractivity contribution is 6.30. The van der Waals surface area contributed by atoms with Gasteiger partial charge in [-0.1, -0.05) is 55.8 Å². The predicted octanol–water partition coefficient (Wildman–Crippen LogP) is 5.36. The molecule has 1 atom stereocenters. The molecule has 0 fully saturated rings. The van der Waals surface area contributed by atoms with Crippen molar-refractivity contribution in [1.29, 1.82) is 0 Å². The van der Waals surface area contributed by atoms with Crippen molar-refractivity contribution in [3.05, 3.63) is 70.3 Å². The van der Waals surface area contributed by atoms with Gasteiger partial charge in [-0.25, -0.2) is 4.79 Å². The van der Waals surface area contributed by atoms with Gasteiger partial charge in [0.25, 0.3) is 5.91 Å². The molecule has 1 N–H and O–H groups in total. The van der Waals surface area contributed by atoms with Crippen LogP contribution in [-0.4, -0.2) is 18.0 Å². The zero-order chi connectivity index (χ0) is 20.0. The van der Waals surface area contributed by atoms with Gasteiger partial charge >= 0.3 is 5.97 Å². The lowest BCUT2D eigenvalue weighted by molar-refractivity contribution is -0.148. The lowest BCUT2D eigenvalue weighted by atomic mass is 9.98.